The monoisotopic (exact) mass is 623 g/mol. The summed E-state index contributed by atoms with van der Waals surface area (Å²) in [4.78, 5) is 51.9. The number of carboxylic acids is 1. The van der Waals surface area contributed by atoms with Crippen molar-refractivity contribution in [3.05, 3.63) is 71.0 Å². The van der Waals surface area contributed by atoms with E-state index in [0.717, 1.165) is 12.5 Å². The molecule has 238 valence electrons. The Labute approximate surface area is 257 Å². The molecule has 7 atom stereocenters. The van der Waals surface area contributed by atoms with Gasteiger partial charge in [0, 0.05) is 23.6 Å². The molecular formula is C32H33NO12. The fourth-order valence-corrected chi connectivity index (χ4v) is 7.21. The van der Waals surface area contributed by atoms with E-state index < -0.39 is 65.7 Å². The number of hydrogen-bond acceptors (Lipinski definition) is 12. The highest BCUT2D eigenvalue weighted by molar-refractivity contribution is 5.86. The van der Waals surface area contributed by atoms with Gasteiger partial charge in [-0.25, -0.2) is 14.4 Å². The summed E-state index contributed by atoms with van der Waals surface area (Å²) < 4.78 is 22.0. The van der Waals surface area contributed by atoms with Gasteiger partial charge in [0.05, 0.1) is 17.4 Å². The van der Waals surface area contributed by atoms with Crippen LogP contribution in [-0.4, -0.2) is 92.8 Å². The summed E-state index contributed by atoms with van der Waals surface area (Å²) in [7, 11) is 1.95. The molecule has 2 aliphatic heterocycles. The number of phenols is 1. The van der Waals surface area contributed by atoms with Crippen LogP contribution < -0.4 is 4.74 Å². The average Bonchev–Trinajstić information content (AvgIpc) is 3.37. The van der Waals surface area contributed by atoms with E-state index in [1.165, 1.54) is 12.1 Å². The van der Waals surface area contributed by atoms with Gasteiger partial charge in [0.25, 0.3) is 0 Å². The Morgan fingerprint density at radius 2 is 1.82 bits per heavy atom. The van der Waals surface area contributed by atoms with Crippen LogP contribution in [0, 0.1) is 0 Å². The molecule has 0 amide bonds. The fourth-order valence-electron chi connectivity index (χ4n) is 7.21. The summed E-state index contributed by atoms with van der Waals surface area (Å²) in [5.41, 5.74) is -0.465. The average molecular weight is 624 g/mol. The Balaban J connectivity index is 1.18. The lowest BCUT2D eigenvalue weighted by Crippen LogP contribution is -2.74. The second-order valence-corrected chi connectivity index (χ2v) is 11.9. The van der Waals surface area contributed by atoms with Crippen molar-refractivity contribution in [3.63, 3.8) is 0 Å². The van der Waals surface area contributed by atoms with Gasteiger partial charge in [-0.1, -0.05) is 36.4 Å². The summed E-state index contributed by atoms with van der Waals surface area (Å²) in [5.74, 6) is -4.70. The Morgan fingerprint density at radius 3 is 2.53 bits per heavy atom. The smallest absolute Gasteiger partial charge is 0.353 e. The molecule has 2 aromatic rings. The highest BCUT2D eigenvalue weighted by atomic mass is 16.6. The SMILES string of the molecule is C[C@H](OC(=O)[C@@H](OC(=O)[C@@H](O)CC(=O)OC1=CC[C@@]2(O)[C@@H]3Cc4ccc(O)c5c4[C@@]2(CCN3C)[C@H]1O5)c1ccccc1)C(=O)O. The van der Waals surface area contributed by atoms with Gasteiger partial charge in [-0.15, -0.1) is 0 Å². The maximum absolute atomic E-state index is 13.1. The van der Waals surface area contributed by atoms with Crippen LogP contribution in [0.1, 0.15) is 49.0 Å². The quantitative estimate of drug-likeness (QED) is 0.231. The first-order valence-electron chi connectivity index (χ1n) is 14.6. The molecule has 13 nitrogen and oxygen atoms in total. The number of aliphatic hydroxyl groups excluding tert-OH is 1. The second-order valence-electron chi connectivity index (χ2n) is 11.9. The molecule has 1 fully saturated rings. The molecule has 0 aromatic heterocycles. The Hall–Kier alpha value is -4.46. The van der Waals surface area contributed by atoms with Crippen LogP contribution in [0.5, 0.6) is 11.5 Å². The zero-order valence-corrected chi connectivity index (χ0v) is 24.5. The molecule has 2 aliphatic carbocycles. The molecule has 4 aliphatic rings. The largest absolute Gasteiger partial charge is 0.504 e. The maximum atomic E-state index is 13.1. The van der Waals surface area contributed by atoms with Gasteiger partial charge in [-0.3, -0.25) is 4.79 Å². The van der Waals surface area contributed by atoms with Gasteiger partial charge >= 0.3 is 23.9 Å². The topological polar surface area (TPSA) is 189 Å². The van der Waals surface area contributed by atoms with Gasteiger partial charge in [0.15, 0.2) is 29.8 Å². The number of benzene rings is 2. The number of carbonyl (C=O) groups excluding carboxylic acids is 3. The van der Waals surface area contributed by atoms with E-state index in [4.69, 9.17) is 24.1 Å². The molecule has 1 spiro atoms. The predicted octanol–water partition coefficient (Wildman–Crippen LogP) is 1.26. The molecule has 2 bridgehead atoms. The first-order chi connectivity index (χ1) is 21.4. The van der Waals surface area contributed by atoms with Crippen molar-refractivity contribution in [2.45, 2.75) is 74.1 Å². The minimum Gasteiger partial charge on any atom is -0.504 e. The number of esters is 3. The molecule has 2 aromatic carbocycles. The number of phenolic OH excluding ortho intramolecular Hbond substituents is 1. The van der Waals surface area contributed by atoms with Crippen LogP contribution in [0.15, 0.2) is 54.3 Å². The van der Waals surface area contributed by atoms with Gasteiger partial charge in [-0.2, -0.15) is 0 Å². The molecule has 0 unspecified atom stereocenters. The molecule has 6 rings (SSSR count). The van der Waals surface area contributed by atoms with Crippen molar-refractivity contribution in [2.75, 3.05) is 13.6 Å². The number of rotatable bonds is 9. The summed E-state index contributed by atoms with van der Waals surface area (Å²) in [6.07, 6.45) is -4.37. The fraction of sp³-hybridized carbons (Fsp3) is 0.438. The van der Waals surface area contributed by atoms with Crippen molar-refractivity contribution in [2.24, 2.45) is 0 Å². The van der Waals surface area contributed by atoms with Crippen LogP contribution in [0.4, 0.5) is 0 Å². The number of aliphatic carboxylic acids is 1. The van der Waals surface area contributed by atoms with E-state index in [0.29, 0.717) is 24.9 Å². The number of aliphatic hydroxyl groups is 2. The van der Waals surface area contributed by atoms with E-state index in [1.807, 2.05) is 13.1 Å². The third-order valence-electron chi connectivity index (χ3n) is 9.41. The summed E-state index contributed by atoms with van der Waals surface area (Å²) >= 11 is 0. The zero-order valence-electron chi connectivity index (χ0n) is 24.5. The van der Waals surface area contributed by atoms with Crippen molar-refractivity contribution in [1.29, 1.82) is 0 Å². The lowest BCUT2D eigenvalue weighted by atomic mass is 9.50. The van der Waals surface area contributed by atoms with Crippen LogP contribution in [0.2, 0.25) is 0 Å². The van der Waals surface area contributed by atoms with E-state index in [2.05, 4.69) is 4.90 Å². The number of likely N-dealkylation sites (N-methyl/N-ethyl adjacent to an activating group) is 1. The molecule has 45 heavy (non-hydrogen) atoms. The Bertz CT molecular complexity index is 1590. The van der Waals surface area contributed by atoms with E-state index in [9.17, 15) is 34.5 Å². The van der Waals surface area contributed by atoms with Gasteiger partial charge < -0.3 is 44.3 Å². The minimum atomic E-state index is -2.05. The third kappa shape index (κ3) is 4.82. The lowest BCUT2D eigenvalue weighted by Gasteiger charge is -2.61. The van der Waals surface area contributed by atoms with Gasteiger partial charge in [0.2, 0.25) is 6.10 Å². The number of hydrogen-bond donors (Lipinski definition) is 4. The third-order valence-corrected chi connectivity index (χ3v) is 9.41. The molecule has 0 radical (unpaired) electrons. The van der Waals surface area contributed by atoms with E-state index in [1.54, 1.807) is 30.3 Å². The summed E-state index contributed by atoms with van der Waals surface area (Å²) in [6.45, 7) is 1.76. The van der Waals surface area contributed by atoms with Crippen molar-refractivity contribution >= 4 is 23.9 Å². The van der Waals surface area contributed by atoms with Gasteiger partial charge in [-0.05, 0) is 51.1 Å². The number of ether oxygens (including phenoxy) is 4. The normalized spacial score (nSPS) is 28.0. The highest BCUT2D eigenvalue weighted by Crippen LogP contribution is 2.65. The van der Waals surface area contributed by atoms with Gasteiger partial charge in [0.1, 0.15) is 5.76 Å². The van der Waals surface area contributed by atoms with Crippen LogP contribution in [0.3, 0.4) is 0 Å². The lowest BCUT2D eigenvalue weighted by molar-refractivity contribution is -0.181. The number of nitrogens with zero attached hydrogens (tertiary/aromatic N) is 1. The van der Waals surface area contributed by atoms with E-state index in [-0.39, 0.29) is 35.3 Å². The number of likely N-dealkylation sites (tertiary alicyclic amines) is 1. The number of carbonyl (C=O) groups is 4. The van der Waals surface area contributed by atoms with Crippen LogP contribution in [0.25, 0.3) is 0 Å². The maximum Gasteiger partial charge on any atom is 0.353 e. The molecule has 2 heterocycles. The van der Waals surface area contributed by atoms with Crippen molar-refractivity contribution < 1.29 is 58.6 Å². The molecular weight excluding hydrogens is 590 g/mol. The standard InChI is InChI=1S/C32H33NO12/c1-16(28(37)38)42-30(40)25(17-6-4-3-5-7-17)45-29(39)20(35)15-23(36)43-21-10-11-32(41)22-14-18-8-9-19(34)26-24(18)31(32,27(21)44-26)12-13-33(22)2/h3-10,16,20,22,25,27,34-35,41H,11-15H2,1-2H3,(H,37,38)/t16-,20-,22-,25-,27-,31-,32+/m0/s1. The number of piperidine rings is 1. The van der Waals surface area contributed by atoms with Crippen LogP contribution >= 0.6 is 0 Å². The number of carboxylic acid groups (broad SMARTS) is 1. The van der Waals surface area contributed by atoms with Crippen molar-refractivity contribution in [1.82, 2.24) is 4.90 Å². The molecule has 4 N–H and O–H groups in total. The van der Waals surface area contributed by atoms with Crippen molar-refractivity contribution in [3.8, 4) is 11.5 Å². The highest BCUT2D eigenvalue weighted by Gasteiger charge is 2.72. The number of aromatic hydroxyl groups is 1. The Kier molecular flexibility index (Phi) is 7.58. The predicted molar refractivity (Wildman–Crippen MR) is 152 cm³/mol. The zero-order chi connectivity index (χ0) is 32.3. The Morgan fingerprint density at radius 1 is 1.09 bits per heavy atom. The van der Waals surface area contributed by atoms with Crippen LogP contribution in [-0.2, 0) is 45.2 Å². The molecule has 0 saturated carbocycles. The first-order valence-corrected chi connectivity index (χ1v) is 14.6. The second kappa shape index (κ2) is 11.2. The first kappa shape index (κ1) is 30.6. The van der Waals surface area contributed by atoms with E-state index >= 15 is 0 Å². The summed E-state index contributed by atoms with van der Waals surface area (Å²) in [6, 6.07) is 10.8. The molecule has 1 saturated heterocycles. The summed E-state index contributed by atoms with van der Waals surface area (Å²) in [5, 5.41) is 42.5. The molecule has 13 heteroatoms. The minimum absolute atomic E-state index is 0.0883.